The van der Waals surface area contributed by atoms with Gasteiger partial charge in [-0.25, -0.2) is 9.48 Å². The first kappa shape index (κ1) is 20.6. The van der Waals surface area contributed by atoms with E-state index in [0.717, 1.165) is 31.2 Å². The van der Waals surface area contributed by atoms with Crippen LogP contribution in [0.15, 0.2) is 59.4 Å². The molecular weight excluding hydrogens is 398 g/mol. The molecule has 1 atom stereocenters. The van der Waals surface area contributed by atoms with Gasteiger partial charge in [-0.2, -0.15) is 0 Å². The second-order valence-electron chi connectivity index (χ2n) is 8.24. The molecule has 0 saturated heterocycles. The normalized spacial score (nSPS) is 14.6. The van der Waals surface area contributed by atoms with E-state index in [4.69, 9.17) is 11.6 Å². The molecule has 1 aliphatic carbocycles. The van der Waals surface area contributed by atoms with E-state index in [0.29, 0.717) is 17.3 Å². The van der Waals surface area contributed by atoms with Gasteiger partial charge >= 0.3 is 5.69 Å². The molecule has 3 aromatic rings. The minimum atomic E-state index is -0.201. The summed E-state index contributed by atoms with van der Waals surface area (Å²) in [5.74, 6) is 0.916. The summed E-state index contributed by atoms with van der Waals surface area (Å²) in [5, 5.41) is 5.15. The van der Waals surface area contributed by atoms with Gasteiger partial charge in [0.15, 0.2) is 11.6 Å². The molecule has 1 unspecified atom stereocenters. The molecule has 5 nitrogen and oxygen atoms in total. The minimum Gasteiger partial charge on any atom is -0.298 e. The largest absolute Gasteiger partial charge is 0.346 e. The lowest BCUT2D eigenvalue weighted by molar-refractivity contribution is -0.120. The summed E-state index contributed by atoms with van der Waals surface area (Å²) in [4.78, 5) is 25.6. The molecule has 1 saturated carbocycles. The number of aryl methyl sites for hydroxylation is 1. The quantitative estimate of drug-likeness (QED) is 0.490. The summed E-state index contributed by atoms with van der Waals surface area (Å²) in [5.41, 5.74) is 1.92. The molecule has 2 aromatic carbocycles. The Bertz CT molecular complexity index is 1070. The predicted octanol–water partition coefficient (Wildman–Crippen LogP) is 4.93. The van der Waals surface area contributed by atoms with Crippen molar-refractivity contribution in [2.24, 2.45) is 5.92 Å². The maximum atomic E-state index is 12.9. The smallest absolute Gasteiger partial charge is 0.298 e. The van der Waals surface area contributed by atoms with Crippen LogP contribution in [0.2, 0.25) is 5.02 Å². The lowest BCUT2D eigenvalue weighted by Crippen LogP contribution is -2.28. The van der Waals surface area contributed by atoms with Gasteiger partial charge in [0.25, 0.3) is 0 Å². The first-order chi connectivity index (χ1) is 14.5. The van der Waals surface area contributed by atoms with Crippen molar-refractivity contribution >= 4 is 17.4 Å². The van der Waals surface area contributed by atoms with E-state index < -0.39 is 0 Å². The van der Waals surface area contributed by atoms with Crippen LogP contribution in [-0.4, -0.2) is 20.1 Å². The highest BCUT2D eigenvalue weighted by molar-refractivity contribution is 6.30. The van der Waals surface area contributed by atoms with Crippen molar-refractivity contribution in [1.82, 2.24) is 14.3 Å². The minimum absolute atomic E-state index is 0.0226. The Balaban J connectivity index is 1.43. The maximum absolute atomic E-state index is 12.9. The lowest BCUT2D eigenvalue weighted by atomic mass is 9.96. The van der Waals surface area contributed by atoms with Crippen LogP contribution >= 0.6 is 11.6 Å². The van der Waals surface area contributed by atoms with Gasteiger partial charge in [0.1, 0.15) is 6.54 Å². The third kappa shape index (κ3) is 4.90. The van der Waals surface area contributed by atoms with Gasteiger partial charge < -0.3 is 0 Å². The molecule has 0 N–H and O–H groups in total. The Labute approximate surface area is 181 Å². The Morgan fingerprint density at radius 3 is 2.50 bits per heavy atom. The van der Waals surface area contributed by atoms with Crippen molar-refractivity contribution in [3.05, 3.63) is 75.7 Å². The van der Waals surface area contributed by atoms with Crippen LogP contribution in [0.4, 0.5) is 0 Å². The molecule has 1 fully saturated rings. The summed E-state index contributed by atoms with van der Waals surface area (Å²) in [6.07, 6.45) is 4.28. The van der Waals surface area contributed by atoms with E-state index in [9.17, 15) is 9.59 Å². The van der Waals surface area contributed by atoms with Crippen LogP contribution in [-0.2, 0) is 17.8 Å². The van der Waals surface area contributed by atoms with E-state index in [-0.39, 0.29) is 30.0 Å². The second kappa shape index (κ2) is 9.00. The van der Waals surface area contributed by atoms with Crippen LogP contribution in [0.3, 0.4) is 0 Å². The van der Waals surface area contributed by atoms with Crippen molar-refractivity contribution in [3.63, 3.8) is 0 Å². The Kier molecular flexibility index (Phi) is 6.18. The van der Waals surface area contributed by atoms with Crippen molar-refractivity contribution < 1.29 is 4.79 Å². The highest BCUT2D eigenvalue weighted by Gasteiger charge is 2.30. The van der Waals surface area contributed by atoms with E-state index in [1.54, 1.807) is 16.7 Å². The Morgan fingerprint density at radius 2 is 1.83 bits per heavy atom. The number of aromatic nitrogens is 3. The zero-order chi connectivity index (χ0) is 21.1. The van der Waals surface area contributed by atoms with Crippen molar-refractivity contribution in [2.75, 3.05) is 0 Å². The van der Waals surface area contributed by atoms with Gasteiger partial charge in [-0.15, -0.1) is 5.10 Å². The summed E-state index contributed by atoms with van der Waals surface area (Å²) in [6.45, 7) is 2.11. The van der Waals surface area contributed by atoms with Crippen molar-refractivity contribution in [3.8, 4) is 11.4 Å². The highest BCUT2D eigenvalue weighted by atomic mass is 35.5. The zero-order valence-electron chi connectivity index (χ0n) is 17.1. The number of carbonyl (C=O) groups is 1. The van der Waals surface area contributed by atoms with Crippen molar-refractivity contribution in [1.29, 1.82) is 0 Å². The van der Waals surface area contributed by atoms with E-state index in [1.165, 1.54) is 10.2 Å². The zero-order valence-corrected chi connectivity index (χ0v) is 17.9. The lowest BCUT2D eigenvalue weighted by Gasteiger charge is -2.10. The molecule has 0 radical (unpaired) electrons. The third-order valence-corrected chi connectivity index (χ3v) is 5.81. The first-order valence-corrected chi connectivity index (χ1v) is 10.9. The van der Waals surface area contributed by atoms with Gasteiger partial charge in [-0.1, -0.05) is 48.9 Å². The first-order valence-electron chi connectivity index (χ1n) is 10.5. The molecule has 156 valence electrons. The standard InChI is InChI=1S/C24H26ClN3O2/c1-17(7-8-18-5-3-2-4-6-18)15-22(29)16-27-24(30)28(21-13-14-21)23(26-27)19-9-11-20(25)12-10-19/h2-6,9-12,17,21H,7-8,13-16H2,1H3. The SMILES string of the molecule is CC(CCc1ccccc1)CC(=O)Cn1nc(-c2ccc(Cl)cc2)n(C2CC2)c1=O. The summed E-state index contributed by atoms with van der Waals surface area (Å²) < 4.78 is 3.06. The number of Topliss-reactive ketones (excluding diaryl/α,β-unsaturated/α-hetero) is 1. The number of hydrogen-bond donors (Lipinski definition) is 0. The molecule has 6 heteroatoms. The fraction of sp³-hybridized carbons (Fsp3) is 0.375. The number of nitrogens with zero attached hydrogens (tertiary/aromatic N) is 3. The highest BCUT2D eigenvalue weighted by Crippen LogP contribution is 2.36. The van der Waals surface area contributed by atoms with Crippen LogP contribution in [0.25, 0.3) is 11.4 Å². The average molecular weight is 424 g/mol. The van der Waals surface area contributed by atoms with E-state index >= 15 is 0 Å². The summed E-state index contributed by atoms with van der Waals surface area (Å²) in [7, 11) is 0. The number of halogens is 1. The number of benzene rings is 2. The Morgan fingerprint density at radius 1 is 1.13 bits per heavy atom. The van der Waals surface area contributed by atoms with Crippen LogP contribution in [0.1, 0.15) is 44.2 Å². The van der Waals surface area contributed by atoms with Gasteiger partial charge in [0, 0.05) is 23.0 Å². The predicted molar refractivity (Wildman–Crippen MR) is 119 cm³/mol. The second-order valence-corrected chi connectivity index (χ2v) is 8.68. The van der Waals surface area contributed by atoms with Crippen LogP contribution in [0, 0.1) is 5.92 Å². The molecule has 1 heterocycles. The van der Waals surface area contributed by atoms with Gasteiger partial charge in [-0.05, 0) is 61.4 Å². The van der Waals surface area contributed by atoms with Gasteiger partial charge in [0.2, 0.25) is 0 Å². The molecule has 4 rings (SSSR count). The molecular formula is C24H26ClN3O2. The average Bonchev–Trinajstić information content (AvgIpc) is 3.52. The Hall–Kier alpha value is -2.66. The number of carbonyl (C=O) groups excluding carboxylic acids is 1. The van der Waals surface area contributed by atoms with Crippen LogP contribution < -0.4 is 5.69 Å². The molecule has 1 aliphatic rings. The third-order valence-electron chi connectivity index (χ3n) is 5.56. The van der Waals surface area contributed by atoms with Crippen LogP contribution in [0.5, 0.6) is 0 Å². The molecule has 0 spiro atoms. The van der Waals surface area contributed by atoms with E-state index in [2.05, 4.69) is 24.2 Å². The molecule has 0 amide bonds. The molecule has 30 heavy (non-hydrogen) atoms. The van der Waals surface area contributed by atoms with Gasteiger partial charge in [0.05, 0.1) is 0 Å². The summed E-state index contributed by atoms with van der Waals surface area (Å²) >= 11 is 5.99. The fourth-order valence-corrected chi connectivity index (χ4v) is 3.89. The van der Waals surface area contributed by atoms with E-state index in [1.807, 2.05) is 30.3 Å². The van der Waals surface area contributed by atoms with Crippen molar-refractivity contribution in [2.45, 2.75) is 51.6 Å². The number of hydrogen-bond acceptors (Lipinski definition) is 3. The monoisotopic (exact) mass is 423 g/mol. The maximum Gasteiger partial charge on any atom is 0.346 e. The molecule has 0 bridgehead atoms. The summed E-state index contributed by atoms with van der Waals surface area (Å²) in [6, 6.07) is 17.8. The number of rotatable bonds is 9. The topological polar surface area (TPSA) is 56.9 Å². The molecule has 1 aromatic heterocycles. The van der Waals surface area contributed by atoms with Gasteiger partial charge in [-0.3, -0.25) is 9.36 Å². The fourth-order valence-electron chi connectivity index (χ4n) is 3.76. The number of ketones is 1. The molecule has 0 aliphatic heterocycles.